The molecule has 2 N–H and O–H groups in total. The van der Waals surface area contributed by atoms with E-state index >= 15 is 4.39 Å². The number of carbonyl (C=O) groups excluding carboxylic acids is 4. The van der Waals surface area contributed by atoms with Gasteiger partial charge in [0.15, 0.2) is 17.1 Å². The SMILES string of the molecule is C[C@@H]1CN2c3c(cc4c(N5C(=O)OC[C@H]5CF)noc4c3F)CC3(C(=O)NC(=O)NC3=O)C2[C@H](C)O1. The van der Waals surface area contributed by atoms with Gasteiger partial charge in [-0.2, -0.15) is 0 Å². The van der Waals surface area contributed by atoms with E-state index < -0.39 is 60.0 Å². The van der Waals surface area contributed by atoms with Gasteiger partial charge < -0.3 is 18.9 Å². The minimum Gasteiger partial charge on any atom is -0.447 e. The number of alkyl halides is 1. The zero-order valence-corrected chi connectivity index (χ0v) is 19.2. The molecule has 0 aliphatic carbocycles. The molecule has 12 nitrogen and oxygen atoms in total. The third kappa shape index (κ3) is 2.84. The third-order valence-corrected chi connectivity index (χ3v) is 7.31. The van der Waals surface area contributed by atoms with Crippen LogP contribution in [0.4, 0.5) is 29.9 Å². The first-order valence-electron chi connectivity index (χ1n) is 11.4. The second-order valence-corrected chi connectivity index (χ2v) is 9.47. The molecule has 0 bridgehead atoms. The number of amides is 5. The molecule has 4 atom stereocenters. The van der Waals surface area contributed by atoms with Gasteiger partial charge in [-0.25, -0.2) is 23.3 Å². The van der Waals surface area contributed by atoms with Crippen LogP contribution in [0.25, 0.3) is 11.0 Å². The van der Waals surface area contributed by atoms with Crippen molar-refractivity contribution in [1.29, 1.82) is 0 Å². The van der Waals surface area contributed by atoms with Crippen molar-refractivity contribution in [2.45, 2.75) is 44.6 Å². The van der Waals surface area contributed by atoms with Gasteiger partial charge in [0.2, 0.25) is 17.4 Å². The van der Waals surface area contributed by atoms with Gasteiger partial charge in [-0.15, -0.1) is 0 Å². The number of halogens is 2. The number of imide groups is 2. The molecule has 1 aromatic heterocycles. The van der Waals surface area contributed by atoms with Gasteiger partial charge in [0.25, 0.3) is 0 Å². The summed E-state index contributed by atoms with van der Waals surface area (Å²) >= 11 is 0. The summed E-state index contributed by atoms with van der Waals surface area (Å²) in [6, 6.07) is -1.38. The number of hydrogen-bond acceptors (Lipinski definition) is 9. The highest BCUT2D eigenvalue weighted by molar-refractivity contribution is 6.20. The number of morpholine rings is 1. The van der Waals surface area contributed by atoms with Crippen molar-refractivity contribution < 1.29 is 42.0 Å². The summed E-state index contributed by atoms with van der Waals surface area (Å²) in [5.74, 6) is -2.59. The van der Waals surface area contributed by atoms with Gasteiger partial charge in [0.05, 0.1) is 29.3 Å². The fourth-order valence-corrected chi connectivity index (χ4v) is 5.94. The molecule has 4 aliphatic rings. The summed E-state index contributed by atoms with van der Waals surface area (Å²) < 4.78 is 45.7. The predicted octanol–water partition coefficient (Wildman–Crippen LogP) is 1.15. The van der Waals surface area contributed by atoms with Crippen molar-refractivity contribution in [3.63, 3.8) is 0 Å². The maximum absolute atomic E-state index is 16.1. The number of benzene rings is 1. The summed E-state index contributed by atoms with van der Waals surface area (Å²) in [5.41, 5.74) is -1.72. The van der Waals surface area contributed by atoms with Crippen molar-refractivity contribution in [2.24, 2.45) is 5.41 Å². The van der Waals surface area contributed by atoms with Crippen LogP contribution in [-0.4, -0.2) is 73.2 Å². The normalized spacial score (nSPS) is 29.2. The second kappa shape index (κ2) is 7.59. The van der Waals surface area contributed by atoms with Crippen LogP contribution in [-0.2, 0) is 25.5 Å². The maximum Gasteiger partial charge on any atom is 0.416 e. The number of fused-ring (bicyclic) bond motifs is 5. The molecule has 2 aromatic rings. The zero-order chi connectivity index (χ0) is 25.5. The Hall–Kier alpha value is -3.81. The molecule has 0 radical (unpaired) electrons. The van der Waals surface area contributed by atoms with Gasteiger partial charge in [0.1, 0.15) is 19.3 Å². The molecule has 1 aromatic carbocycles. The number of carbonyl (C=O) groups is 4. The van der Waals surface area contributed by atoms with Crippen molar-refractivity contribution in [2.75, 3.05) is 29.6 Å². The van der Waals surface area contributed by atoms with Gasteiger partial charge in [-0.05, 0) is 25.5 Å². The van der Waals surface area contributed by atoms with E-state index in [0.717, 1.165) is 4.90 Å². The minimum atomic E-state index is -1.81. The van der Waals surface area contributed by atoms with E-state index in [2.05, 4.69) is 15.8 Å². The van der Waals surface area contributed by atoms with E-state index in [4.69, 9.17) is 14.0 Å². The van der Waals surface area contributed by atoms with Crippen LogP contribution in [0.2, 0.25) is 0 Å². The topological polar surface area (TPSA) is 143 Å². The van der Waals surface area contributed by atoms with Gasteiger partial charge in [-0.1, -0.05) is 5.16 Å². The van der Waals surface area contributed by atoms with Crippen LogP contribution in [0.5, 0.6) is 0 Å². The lowest BCUT2D eigenvalue weighted by Gasteiger charge is -2.55. The fraction of sp³-hybridized carbons (Fsp3) is 0.500. The van der Waals surface area contributed by atoms with Crippen LogP contribution in [0, 0.1) is 11.2 Å². The Bertz CT molecular complexity index is 1330. The number of ether oxygens (including phenoxy) is 2. The fourth-order valence-electron chi connectivity index (χ4n) is 5.94. The van der Waals surface area contributed by atoms with Crippen LogP contribution >= 0.6 is 0 Å². The maximum atomic E-state index is 16.1. The van der Waals surface area contributed by atoms with E-state index in [1.807, 2.05) is 0 Å². The van der Waals surface area contributed by atoms with Crippen molar-refractivity contribution >= 4 is 46.4 Å². The molecule has 0 saturated carbocycles. The number of barbiturate groups is 1. The lowest BCUT2D eigenvalue weighted by molar-refractivity contribution is -0.153. The van der Waals surface area contributed by atoms with Crippen molar-refractivity contribution in [3.05, 3.63) is 17.4 Å². The van der Waals surface area contributed by atoms with Crippen LogP contribution in [0.15, 0.2) is 10.6 Å². The Labute approximate surface area is 201 Å². The first kappa shape index (κ1) is 22.6. The molecule has 36 heavy (non-hydrogen) atoms. The molecule has 3 saturated heterocycles. The third-order valence-electron chi connectivity index (χ3n) is 7.31. The first-order valence-corrected chi connectivity index (χ1v) is 11.4. The molecular formula is C22H21F2N5O7. The Balaban J connectivity index is 1.57. The van der Waals surface area contributed by atoms with E-state index in [0.29, 0.717) is 0 Å². The van der Waals surface area contributed by atoms with E-state index in [1.54, 1.807) is 18.7 Å². The summed E-state index contributed by atoms with van der Waals surface area (Å²) in [6.45, 7) is 2.47. The minimum absolute atomic E-state index is 0.0548. The number of urea groups is 1. The molecule has 5 heterocycles. The molecular weight excluding hydrogens is 484 g/mol. The molecule has 190 valence electrons. The number of rotatable bonds is 2. The number of nitrogens with one attached hydrogen (secondary N) is 2. The smallest absolute Gasteiger partial charge is 0.416 e. The highest BCUT2D eigenvalue weighted by Crippen LogP contribution is 2.50. The largest absolute Gasteiger partial charge is 0.447 e. The molecule has 3 fully saturated rings. The molecule has 4 aliphatic heterocycles. The summed E-state index contributed by atoms with van der Waals surface area (Å²) in [4.78, 5) is 53.2. The van der Waals surface area contributed by atoms with E-state index in [9.17, 15) is 23.6 Å². The summed E-state index contributed by atoms with van der Waals surface area (Å²) in [7, 11) is 0. The van der Waals surface area contributed by atoms with Crippen LogP contribution in [0.3, 0.4) is 0 Å². The molecule has 6 rings (SSSR count). The van der Waals surface area contributed by atoms with E-state index in [-0.39, 0.29) is 53.7 Å². The Kier molecular flexibility index (Phi) is 4.78. The molecule has 1 spiro atoms. The predicted molar refractivity (Wildman–Crippen MR) is 117 cm³/mol. The zero-order valence-electron chi connectivity index (χ0n) is 19.2. The molecule has 1 unspecified atom stereocenters. The van der Waals surface area contributed by atoms with Crippen LogP contribution in [0.1, 0.15) is 19.4 Å². The highest BCUT2D eigenvalue weighted by atomic mass is 19.1. The average Bonchev–Trinajstić information content (AvgIpc) is 3.39. The van der Waals surface area contributed by atoms with Crippen molar-refractivity contribution in [1.82, 2.24) is 15.8 Å². The van der Waals surface area contributed by atoms with Gasteiger partial charge in [-0.3, -0.25) is 20.2 Å². The average molecular weight is 505 g/mol. The summed E-state index contributed by atoms with van der Waals surface area (Å²) in [6.07, 6.45) is -2.19. The van der Waals surface area contributed by atoms with Gasteiger partial charge >= 0.3 is 12.1 Å². The number of cyclic esters (lactones) is 1. The van der Waals surface area contributed by atoms with E-state index in [1.165, 1.54) is 6.07 Å². The lowest BCUT2D eigenvalue weighted by Crippen LogP contribution is -2.75. The number of nitrogens with zero attached hydrogens (tertiary/aromatic N) is 3. The Morgan fingerprint density at radius 1 is 1.19 bits per heavy atom. The highest BCUT2D eigenvalue weighted by Gasteiger charge is 2.63. The van der Waals surface area contributed by atoms with Crippen molar-refractivity contribution in [3.8, 4) is 0 Å². The number of aromatic nitrogens is 1. The lowest BCUT2D eigenvalue weighted by atomic mass is 9.66. The quantitative estimate of drug-likeness (QED) is 0.575. The monoisotopic (exact) mass is 505 g/mol. The standard InChI is InChI=1S/C22H21F2N5O7/c1-8-6-28-14-10(4-22(16(28)9(2)35-8)18(30)25-20(32)26-19(22)31)3-12-15(13(14)24)36-27-17(12)29-11(5-23)7-34-21(29)33/h3,8-9,11,16H,4-7H2,1-2H3,(H2,25,26,30,31,32)/t8-,9+,11-,16?/m1/s1. The number of hydrogen-bond donors (Lipinski definition) is 2. The molecule has 5 amide bonds. The van der Waals surface area contributed by atoms with Crippen LogP contribution < -0.4 is 20.4 Å². The molecule has 14 heteroatoms. The number of anilines is 2. The Morgan fingerprint density at radius 3 is 2.61 bits per heavy atom. The van der Waals surface area contributed by atoms with Gasteiger partial charge in [0, 0.05) is 13.0 Å². The summed E-state index contributed by atoms with van der Waals surface area (Å²) in [5, 5.41) is 8.21. The Morgan fingerprint density at radius 2 is 1.92 bits per heavy atom. The first-order chi connectivity index (χ1) is 17.2. The second-order valence-electron chi connectivity index (χ2n) is 9.47.